The highest BCUT2D eigenvalue weighted by atomic mass is 35.5. The summed E-state index contributed by atoms with van der Waals surface area (Å²) in [5.41, 5.74) is 1.17. The minimum Gasteiger partial charge on any atom is -0.345 e. The lowest BCUT2D eigenvalue weighted by molar-refractivity contribution is -0.112. The zero-order valence-electron chi connectivity index (χ0n) is 12.1. The lowest BCUT2D eigenvalue weighted by Crippen LogP contribution is -2.15. The first-order chi connectivity index (χ1) is 11.0. The molecule has 0 saturated carbocycles. The lowest BCUT2D eigenvalue weighted by Gasteiger charge is -2.09. The molecule has 1 heterocycles. The zero-order chi connectivity index (χ0) is 16.8. The predicted octanol–water partition coefficient (Wildman–Crippen LogP) is 4.15. The summed E-state index contributed by atoms with van der Waals surface area (Å²) in [5, 5.41) is 15.6. The van der Waals surface area contributed by atoms with E-state index in [2.05, 4.69) is 15.6 Å². The topological polar surface area (TPSA) is 77.8 Å². The van der Waals surface area contributed by atoms with Crippen molar-refractivity contribution in [1.82, 2.24) is 4.98 Å². The van der Waals surface area contributed by atoms with E-state index < -0.39 is 5.91 Å². The van der Waals surface area contributed by atoms with Gasteiger partial charge in [-0.3, -0.25) is 4.79 Å². The van der Waals surface area contributed by atoms with Gasteiger partial charge in [0.25, 0.3) is 5.91 Å². The van der Waals surface area contributed by atoms with E-state index in [4.69, 9.17) is 28.5 Å². The van der Waals surface area contributed by atoms with Gasteiger partial charge in [0, 0.05) is 28.1 Å². The summed E-state index contributed by atoms with van der Waals surface area (Å²) in [6.45, 7) is 1.78. The van der Waals surface area contributed by atoms with Crippen molar-refractivity contribution in [2.75, 3.05) is 10.6 Å². The Labute approximate surface area is 143 Å². The van der Waals surface area contributed by atoms with E-state index in [1.807, 2.05) is 6.07 Å². The van der Waals surface area contributed by atoms with Crippen LogP contribution in [0.15, 0.2) is 48.3 Å². The number of hydrogen-bond acceptors (Lipinski definition) is 4. The molecule has 0 spiro atoms. The van der Waals surface area contributed by atoms with E-state index >= 15 is 0 Å². The molecule has 1 amide bonds. The molecule has 2 N–H and O–H groups in total. The van der Waals surface area contributed by atoms with E-state index in [0.717, 1.165) is 5.56 Å². The largest absolute Gasteiger partial charge is 0.345 e. The highest BCUT2D eigenvalue weighted by Crippen LogP contribution is 2.23. The van der Waals surface area contributed by atoms with Crippen molar-refractivity contribution in [2.45, 2.75) is 6.92 Å². The first-order valence-corrected chi connectivity index (χ1v) is 7.31. The molecule has 23 heavy (non-hydrogen) atoms. The van der Waals surface area contributed by atoms with E-state index in [1.165, 1.54) is 12.4 Å². The number of aromatic nitrogens is 1. The minimum atomic E-state index is -0.549. The molecule has 0 bridgehead atoms. The maximum absolute atomic E-state index is 12.2. The van der Waals surface area contributed by atoms with Crippen molar-refractivity contribution in [3.63, 3.8) is 0 Å². The van der Waals surface area contributed by atoms with Crippen LogP contribution < -0.4 is 10.6 Å². The van der Waals surface area contributed by atoms with E-state index in [0.29, 0.717) is 21.6 Å². The molecule has 0 atom stereocenters. The molecule has 1 aromatic carbocycles. The standard InChI is InChI=1S/C16H12Cl2N4O/c1-10-13(18)3-2-4-14(10)22-16(23)11(8-19)9-21-15-7-12(17)5-6-20-15/h2-7,9H,1H3,(H,20,21)(H,22,23)/b11-9-. The van der Waals surface area contributed by atoms with Gasteiger partial charge in [0.15, 0.2) is 0 Å². The fourth-order valence-corrected chi connectivity index (χ4v) is 2.05. The molecule has 2 rings (SSSR count). The molecule has 0 saturated heterocycles. The van der Waals surface area contributed by atoms with Crippen LogP contribution in [0.2, 0.25) is 10.0 Å². The Hall–Kier alpha value is -2.55. The number of carbonyl (C=O) groups excluding carboxylic acids is 1. The Morgan fingerprint density at radius 2 is 2.13 bits per heavy atom. The van der Waals surface area contributed by atoms with Crippen LogP contribution in [0.3, 0.4) is 0 Å². The Morgan fingerprint density at radius 1 is 1.35 bits per heavy atom. The quantitative estimate of drug-likeness (QED) is 0.643. The number of halogens is 2. The van der Waals surface area contributed by atoms with Gasteiger partial charge in [0.1, 0.15) is 17.5 Å². The van der Waals surface area contributed by atoms with Crippen LogP contribution >= 0.6 is 23.2 Å². The second-order valence-corrected chi connectivity index (χ2v) is 5.38. The number of amides is 1. The molecular formula is C16H12Cl2N4O. The molecule has 2 aromatic rings. The third-order valence-corrected chi connectivity index (χ3v) is 3.61. The van der Waals surface area contributed by atoms with E-state index in [9.17, 15) is 4.79 Å². The summed E-state index contributed by atoms with van der Waals surface area (Å²) in [6, 6.07) is 10.2. The Bertz CT molecular complexity index is 812. The molecule has 0 radical (unpaired) electrons. The third-order valence-electron chi connectivity index (χ3n) is 2.97. The van der Waals surface area contributed by atoms with E-state index in [-0.39, 0.29) is 5.57 Å². The molecule has 0 aliphatic rings. The highest BCUT2D eigenvalue weighted by molar-refractivity contribution is 6.32. The smallest absolute Gasteiger partial charge is 0.267 e. The number of benzene rings is 1. The van der Waals surface area contributed by atoms with Crippen molar-refractivity contribution >= 4 is 40.6 Å². The number of carbonyl (C=O) groups is 1. The molecule has 116 valence electrons. The maximum atomic E-state index is 12.2. The van der Waals surface area contributed by atoms with Gasteiger partial charge in [-0.1, -0.05) is 29.3 Å². The summed E-state index contributed by atoms with van der Waals surface area (Å²) in [7, 11) is 0. The van der Waals surface area contributed by atoms with Gasteiger partial charge in [-0.25, -0.2) is 4.98 Å². The Balaban J connectivity index is 2.14. The molecule has 1 aromatic heterocycles. The SMILES string of the molecule is Cc1c(Cl)cccc1NC(=O)/C(C#N)=C\Nc1cc(Cl)ccn1. The average Bonchev–Trinajstić information content (AvgIpc) is 2.52. The van der Waals surface area contributed by atoms with Gasteiger partial charge in [-0.05, 0) is 36.8 Å². The summed E-state index contributed by atoms with van der Waals surface area (Å²) in [5.74, 6) is -0.121. The summed E-state index contributed by atoms with van der Waals surface area (Å²) in [4.78, 5) is 16.2. The molecular weight excluding hydrogens is 335 g/mol. The monoisotopic (exact) mass is 346 g/mol. The maximum Gasteiger partial charge on any atom is 0.267 e. The second kappa shape index (κ2) is 7.63. The Morgan fingerprint density at radius 3 is 2.83 bits per heavy atom. The number of pyridine rings is 1. The number of nitriles is 1. The lowest BCUT2D eigenvalue weighted by atomic mass is 10.2. The van der Waals surface area contributed by atoms with Crippen LogP contribution in [0.1, 0.15) is 5.56 Å². The van der Waals surface area contributed by atoms with Crippen molar-refractivity contribution in [2.24, 2.45) is 0 Å². The minimum absolute atomic E-state index is 0.105. The first-order valence-electron chi connectivity index (χ1n) is 6.56. The molecule has 0 fully saturated rings. The molecule has 5 nitrogen and oxygen atoms in total. The van der Waals surface area contributed by atoms with Gasteiger partial charge < -0.3 is 10.6 Å². The van der Waals surface area contributed by atoms with Crippen molar-refractivity contribution in [1.29, 1.82) is 5.26 Å². The number of anilines is 2. The Kier molecular flexibility index (Phi) is 5.58. The number of nitrogens with one attached hydrogen (secondary N) is 2. The molecule has 0 unspecified atom stereocenters. The van der Waals surface area contributed by atoms with Crippen LogP contribution in [0, 0.1) is 18.3 Å². The van der Waals surface area contributed by atoms with Gasteiger partial charge in [0.2, 0.25) is 0 Å². The predicted molar refractivity (Wildman–Crippen MR) is 91.4 cm³/mol. The van der Waals surface area contributed by atoms with Crippen LogP contribution in [0.5, 0.6) is 0 Å². The number of nitrogens with zero attached hydrogens (tertiary/aromatic N) is 2. The van der Waals surface area contributed by atoms with Gasteiger partial charge in [-0.2, -0.15) is 5.26 Å². The van der Waals surface area contributed by atoms with Crippen molar-refractivity contribution in [3.8, 4) is 6.07 Å². The van der Waals surface area contributed by atoms with Gasteiger partial charge >= 0.3 is 0 Å². The van der Waals surface area contributed by atoms with Crippen LogP contribution in [0.25, 0.3) is 0 Å². The summed E-state index contributed by atoms with van der Waals surface area (Å²) >= 11 is 11.8. The molecule has 7 heteroatoms. The first kappa shape index (κ1) is 16.8. The number of hydrogen-bond donors (Lipinski definition) is 2. The van der Waals surface area contributed by atoms with Crippen molar-refractivity contribution < 1.29 is 4.79 Å². The van der Waals surface area contributed by atoms with Crippen LogP contribution in [-0.4, -0.2) is 10.9 Å². The number of rotatable bonds is 4. The normalized spacial score (nSPS) is 10.8. The van der Waals surface area contributed by atoms with E-state index in [1.54, 1.807) is 37.3 Å². The van der Waals surface area contributed by atoms with Crippen LogP contribution in [0.4, 0.5) is 11.5 Å². The van der Waals surface area contributed by atoms with Gasteiger partial charge in [-0.15, -0.1) is 0 Å². The van der Waals surface area contributed by atoms with Crippen LogP contribution in [-0.2, 0) is 4.79 Å². The fourth-order valence-electron chi connectivity index (χ4n) is 1.71. The molecule has 0 aliphatic carbocycles. The zero-order valence-corrected chi connectivity index (χ0v) is 13.6. The fraction of sp³-hybridized carbons (Fsp3) is 0.0625. The average molecular weight is 347 g/mol. The summed E-state index contributed by atoms with van der Waals surface area (Å²) < 4.78 is 0. The van der Waals surface area contributed by atoms with Gasteiger partial charge in [0.05, 0.1) is 0 Å². The third kappa shape index (κ3) is 4.46. The molecule has 0 aliphatic heterocycles. The summed E-state index contributed by atoms with van der Waals surface area (Å²) in [6.07, 6.45) is 2.79. The second-order valence-electron chi connectivity index (χ2n) is 4.54. The highest BCUT2D eigenvalue weighted by Gasteiger charge is 2.11. The van der Waals surface area contributed by atoms with Crippen molar-refractivity contribution in [3.05, 3.63) is 63.9 Å².